The summed E-state index contributed by atoms with van der Waals surface area (Å²) in [6.07, 6.45) is 6.11. The minimum absolute atomic E-state index is 0.0363. The highest BCUT2D eigenvalue weighted by Crippen LogP contribution is 2.38. The Hall–Kier alpha value is -1.10. The first kappa shape index (κ1) is 16.0. The van der Waals surface area contributed by atoms with Crippen molar-refractivity contribution in [2.45, 2.75) is 45.4 Å². The zero-order valence-electron chi connectivity index (χ0n) is 12.2. The zero-order chi connectivity index (χ0) is 14.3. The van der Waals surface area contributed by atoms with Crippen LogP contribution in [0.25, 0.3) is 0 Å². The van der Waals surface area contributed by atoms with Gasteiger partial charge in [0.25, 0.3) is 0 Å². The van der Waals surface area contributed by atoms with Crippen LogP contribution in [-0.4, -0.2) is 43.4 Å². The van der Waals surface area contributed by atoms with Gasteiger partial charge in [0.15, 0.2) is 0 Å². The van der Waals surface area contributed by atoms with E-state index < -0.39 is 0 Å². The monoisotopic (exact) mass is 269 g/mol. The van der Waals surface area contributed by atoms with E-state index in [1.807, 2.05) is 6.92 Å². The molecule has 1 saturated carbocycles. The molecule has 0 aliphatic heterocycles. The van der Waals surface area contributed by atoms with E-state index in [1.54, 1.807) is 11.9 Å². The highest BCUT2D eigenvalue weighted by atomic mass is 16.2. The van der Waals surface area contributed by atoms with Crippen molar-refractivity contribution in [3.05, 3.63) is 0 Å². The lowest BCUT2D eigenvalue weighted by atomic mass is 9.71. The molecule has 110 valence electrons. The maximum atomic E-state index is 12.3. The smallest absolute Gasteiger partial charge is 0.239 e. The third-order valence-electron chi connectivity index (χ3n) is 4.22. The van der Waals surface area contributed by atoms with Crippen molar-refractivity contribution in [2.75, 3.05) is 26.7 Å². The fourth-order valence-corrected chi connectivity index (χ4v) is 2.82. The molecule has 3 N–H and O–H groups in total. The fourth-order valence-electron chi connectivity index (χ4n) is 2.82. The van der Waals surface area contributed by atoms with Gasteiger partial charge in [0.05, 0.1) is 6.54 Å². The Balaban J connectivity index is 2.61. The Bertz CT molecular complexity index is 312. The lowest BCUT2D eigenvalue weighted by Crippen LogP contribution is -2.44. The standard InChI is InChI=1S/C14H27N3O2/c1-3-17(10-12(18)16-2)13(19)9-14(11-15)7-5-4-6-8-14/h3-11,15H2,1-2H3,(H,16,18). The van der Waals surface area contributed by atoms with Gasteiger partial charge in [0.1, 0.15) is 0 Å². The minimum atomic E-state index is -0.124. The third kappa shape index (κ3) is 4.49. The van der Waals surface area contributed by atoms with Gasteiger partial charge in [-0.15, -0.1) is 0 Å². The number of likely N-dealkylation sites (N-methyl/N-ethyl adjacent to an activating group) is 2. The van der Waals surface area contributed by atoms with Crippen molar-refractivity contribution < 1.29 is 9.59 Å². The van der Waals surface area contributed by atoms with E-state index >= 15 is 0 Å². The number of nitrogens with one attached hydrogen (secondary N) is 1. The van der Waals surface area contributed by atoms with Crippen molar-refractivity contribution in [2.24, 2.45) is 11.1 Å². The van der Waals surface area contributed by atoms with Crippen LogP contribution in [0.5, 0.6) is 0 Å². The quantitative estimate of drug-likeness (QED) is 0.751. The second-order valence-electron chi connectivity index (χ2n) is 5.52. The molecule has 1 rings (SSSR count). The number of carbonyl (C=O) groups excluding carboxylic acids is 2. The summed E-state index contributed by atoms with van der Waals surface area (Å²) in [5.41, 5.74) is 5.87. The molecule has 0 aromatic rings. The Kier molecular flexibility index (Phi) is 6.28. The summed E-state index contributed by atoms with van der Waals surface area (Å²) in [5.74, 6) is -0.0703. The largest absolute Gasteiger partial charge is 0.358 e. The van der Waals surface area contributed by atoms with Gasteiger partial charge in [0, 0.05) is 20.0 Å². The lowest BCUT2D eigenvalue weighted by Gasteiger charge is -2.37. The highest BCUT2D eigenvalue weighted by molar-refractivity contribution is 5.84. The average molecular weight is 269 g/mol. The molecule has 1 aliphatic carbocycles. The zero-order valence-corrected chi connectivity index (χ0v) is 12.2. The first-order chi connectivity index (χ1) is 9.06. The molecule has 1 aliphatic rings. The maximum Gasteiger partial charge on any atom is 0.239 e. The number of nitrogens with two attached hydrogens (primary N) is 1. The number of rotatable bonds is 6. The lowest BCUT2D eigenvalue weighted by molar-refractivity contribution is -0.138. The van der Waals surface area contributed by atoms with E-state index in [9.17, 15) is 9.59 Å². The topological polar surface area (TPSA) is 75.4 Å². The Morgan fingerprint density at radius 2 is 1.89 bits per heavy atom. The van der Waals surface area contributed by atoms with Crippen LogP contribution in [0.3, 0.4) is 0 Å². The van der Waals surface area contributed by atoms with E-state index in [0.29, 0.717) is 19.5 Å². The van der Waals surface area contributed by atoms with Crippen molar-refractivity contribution in [3.8, 4) is 0 Å². The van der Waals surface area contributed by atoms with Crippen LogP contribution in [0.1, 0.15) is 45.4 Å². The van der Waals surface area contributed by atoms with Crippen LogP contribution in [-0.2, 0) is 9.59 Å². The van der Waals surface area contributed by atoms with Crippen LogP contribution in [0.15, 0.2) is 0 Å². The second kappa shape index (κ2) is 7.48. The Morgan fingerprint density at radius 1 is 1.26 bits per heavy atom. The summed E-state index contributed by atoms with van der Waals surface area (Å²) in [6.45, 7) is 3.17. The normalized spacial score (nSPS) is 17.8. The molecule has 0 heterocycles. The minimum Gasteiger partial charge on any atom is -0.358 e. The van der Waals surface area contributed by atoms with Crippen molar-refractivity contribution >= 4 is 11.8 Å². The molecule has 0 unspecified atom stereocenters. The van der Waals surface area contributed by atoms with Crippen molar-refractivity contribution in [3.63, 3.8) is 0 Å². The molecule has 0 atom stereocenters. The van der Waals surface area contributed by atoms with Crippen LogP contribution < -0.4 is 11.1 Å². The number of hydrogen-bond donors (Lipinski definition) is 2. The van der Waals surface area contributed by atoms with Crippen molar-refractivity contribution in [1.82, 2.24) is 10.2 Å². The van der Waals surface area contributed by atoms with Gasteiger partial charge in [-0.2, -0.15) is 0 Å². The van der Waals surface area contributed by atoms with E-state index in [0.717, 1.165) is 25.7 Å². The molecular weight excluding hydrogens is 242 g/mol. The number of carbonyl (C=O) groups is 2. The van der Waals surface area contributed by atoms with E-state index in [4.69, 9.17) is 5.73 Å². The number of amides is 2. The fraction of sp³-hybridized carbons (Fsp3) is 0.857. The second-order valence-corrected chi connectivity index (χ2v) is 5.52. The molecule has 0 radical (unpaired) electrons. The van der Waals surface area contributed by atoms with E-state index in [1.165, 1.54) is 6.42 Å². The molecule has 1 fully saturated rings. The molecule has 0 aromatic carbocycles. The van der Waals surface area contributed by atoms with Gasteiger partial charge >= 0.3 is 0 Å². The van der Waals surface area contributed by atoms with Gasteiger partial charge in [-0.3, -0.25) is 9.59 Å². The molecule has 5 nitrogen and oxygen atoms in total. The van der Waals surface area contributed by atoms with Gasteiger partial charge in [-0.05, 0) is 31.7 Å². The predicted octanol–water partition coefficient (Wildman–Crippen LogP) is 0.880. The molecule has 5 heteroatoms. The molecule has 19 heavy (non-hydrogen) atoms. The SMILES string of the molecule is CCN(CC(=O)NC)C(=O)CC1(CN)CCCCC1. The molecule has 2 amide bonds. The molecule has 0 bridgehead atoms. The third-order valence-corrected chi connectivity index (χ3v) is 4.22. The van der Waals surface area contributed by atoms with Gasteiger partial charge in [-0.1, -0.05) is 19.3 Å². The molecule has 0 saturated heterocycles. The van der Waals surface area contributed by atoms with E-state index in [-0.39, 0.29) is 23.8 Å². The van der Waals surface area contributed by atoms with Gasteiger partial charge in [0.2, 0.25) is 11.8 Å². The number of hydrogen-bond acceptors (Lipinski definition) is 3. The Labute approximate surface area is 115 Å². The van der Waals surface area contributed by atoms with Gasteiger partial charge in [-0.25, -0.2) is 0 Å². The van der Waals surface area contributed by atoms with Crippen LogP contribution in [0, 0.1) is 5.41 Å². The summed E-state index contributed by atoms with van der Waals surface area (Å²) in [5, 5.41) is 2.55. The molecule has 0 spiro atoms. The van der Waals surface area contributed by atoms with E-state index in [2.05, 4.69) is 5.32 Å². The summed E-state index contributed by atoms with van der Waals surface area (Å²) in [7, 11) is 1.59. The van der Waals surface area contributed by atoms with Crippen molar-refractivity contribution in [1.29, 1.82) is 0 Å². The predicted molar refractivity (Wildman–Crippen MR) is 75.5 cm³/mol. The molecule has 0 aromatic heterocycles. The van der Waals surface area contributed by atoms with Crippen LogP contribution >= 0.6 is 0 Å². The van der Waals surface area contributed by atoms with Crippen LogP contribution in [0.2, 0.25) is 0 Å². The maximum absolute atomic E-state index is 12.3. The average Bonchev–Trinajstić information content (AvgIpc) is 2.45. The summed E-state index contributed by atoms with van der Waals surface area (Å²) < 4.78 is 0. The summed E-state index contributed by atoms with van der Waals surface area (Å²) >= 11 is 0. The molecular formula is C14H27N3O2. The van der Waals surface area contributed by atoms with Gasteiger partial charge < -0.3 is 16.0 Å². The van der Waals surface area contributed by atoms with Crippen LogP contribution in [0.4, 0.5) is 0 Å². The number of nitrogens with zero attached hydrogens (tertiary/aromatic N) is 1. The Morgan fingerprint density at radius 3 is 2.37 bits per heavy atom. The summed E-state index contributed by atoms with van der Waals surface area (Å²) in [6, 6.07) is 0. The first-order valence-corrected chi connectivity index (χ1v) is 7.25. The summed E-state index contributed by atoms with van der Waals surface area (Å²) in [4.78, 5) is 25.4. The highest BCUT2D eigenvalue weighted by Gasteiger charge is 2.34. The first-order valence-electron chi connectivity index (χ1n) is 7.25.